The molecule has 6 heteroatoms. The standard InChI is InChI=1S/C14H12N4O2/c15-13-4-2-10(7-16-13)18-14(19)6-9-1-3-11-12(5-9)20-8-17-11/h1-5,7-8H,6H2,(H2,15,16)(H,18,19). The van der Waals surface area contributed by atoms with Crippen molar-refractivity contribution < 1.29 is 9.21 Å². The molecule has 2 heterocycles. The number of aromatic nitrogens is 2. The number of fused-ring (bicyclic) bond motifs is 1. The molecule has 0 aliphatic heterocycles. The number of amides is 1. The predicted molar refractivity (Wildman–Crippen MR) is 75.0 cm³/mol. The van der Waals surface area contributed by atoms with E-state index in [4.69, 9.17) is 10.2 Å². The van der Waals surface area contributed by atoms with Gasteiger partial charge in [-0.25, -0.2) is 9.97 Å². The Hall–Kier alpha value is -2.89. The number of nitrogens with zero attached hydrogens (tertiary/aromatic N) is 2. The summed E-state index contributed by atoms with van der Waals surface area (Å²) >= 11 is 0. The molecule has 1 aromatic carbocycles. The summed E-state index contributed by atoms with van der Waals surface area (Å²) in [7, 11) is 0. The molecule has 0 fully saturated rings. The van der Waals surface area contributed by atoms with Gasteiger partial charge in [0.05, 0.1) is 18.3 Å². The van der Waals surface area contributed by atoms with Gasteiger partial charge in [-0.2, -0.15) is 0 Å². The van der Waals surface area contributed by atoms with Gasteiger partial charge in [-0.05, 0) is 29.8 Å². The van der Waals surface area contributed by atoms with Crippen LogP contribution >= 0.6 is 0 Å². The Kier molecular flexibility index (Phi) is 3.04. The first kappa shape index (κ1) is 12.2. The molecule has 0 spiro atoms. The number of rotatable bonds is 3. The molecule has 0 saturated heterocycles. The first-order valence-electron chi connectivity index (χ1n) is 6.04. The summed E-state index contributed by atoms with van der Waals surface area (Å²) in [5, 5.41) is 2.76. The van der Waals surface area contributed by atoms with E-state index >= 15 is 0 Å². The second-order valence-corrected chi connectivity index (χ2v) is 4.35. The van der Waals surface area contributed by atoms with Gasteiger partial charge in [0, 0.05) is 0 Å². The van der Waals surface area contributed by atoms with E-state index in [1.165, 1.54) is 12.6 Å². The van der Waals surface area contributed by atoms with E-state index in [1.54, 1.807) is 12.1 Å². The predicted octanol–water partition coefficient (Wildman–Crippen LogP) is 1.99. The minimum atomic E-state index is -0.129. The zero-order valence-corrected chi connectivity index (χ0v) is 10.5. The van der Waals surface area contributed by atoms with Gasteiger partial charge in [0.1, 0.15) is 11.3 Å². The fourth-order valence-electron chi connectivity index (χ4n) is 1.88. The summed E-state index contributed by atoms with van der Waals surface area (Å²) in [5.41, 5.74) is 8.40. The molecule has 0 atom stereocenters. The number of hydrogen-bond donors (Lipinski definition) is 2. The zero-order chi connectivity index (χ0) is 13.9. The van der Waals surface area contributed by atoms with Gasteiger partial charge < -0.3 is 15.5 Å². The van der Waals surface area contributed by atoms with Crippen LogP contribution in [0.4, 0.5) is 11.5 Å². The summed E-state index contributed by atoms with van der Waals surface area (Å²) in [5.74, 6) is 0.286. The normalized spacial score (nSPS) is 10.6. The lowest BCUT2D eigenvalue weighted by Gasteiger charge is -2.05. The third kappa shape index (κ3) is 2.59. The van der Waals surface area contributed by atoms with Crippen molar-refractivity contribution >= 4 is 28.5 Å². The van der Waals surface area contributed by atoms with E-state index in [0.29, 0.717) is 17.1 Å². The van der Waals surface area contributed by atoms with Crippen LogP contribution in [0.2, 0.25) is 0 Å². The highest BCUT2D eigenvalue weighted by Crippen LogP contribution is 2.15. The zero-order valence-electron chi connectivity index (χ0n) is 10.5. The van der Waals surface area contributed by atoms with E-state index in [9.17, 15) is 4.79 Å². The van der Waals surface area contributed by atoms with Crippen LogP contribution in [0.1, 0.15) is 5.56 Å². The van der Waals surface area contributed by atoms with Crippen molar-refractivity contribution in [2.45, 2.75) is 6.42 Å². The third-order valence-electron chi connectivity index (χ3n) is 2.83. The van der Waals surface area contributed by atoms with Crippen molar-refractivity contribution in [2.75, 3.05) is 11.1 Å². The van der Waals surface area contributed by atoms with E-state index in [-0.39, 0.29) is 12.3 Å². The third-order valence-corrected chi connectivity index (χ3v) is 2.83. The highest BCUT2D eigenvalue weighted by molar-refractivity contribution is 5.92. The Balaban J connectivity index is 1.70. The summed E-state index contributed by atoms with van der Waals surface area (Å²) in [6, 6.07) is 8.83. The minimum Gasteiger partial charge on any atom is -0.443 e. The molecule has 100 valence electrons. The van der Waals surface area contributed by atoms with Crippen LogP contribution in [0.15, 0.2) is 47.3 Å². The lowest BCUT2D eigenvalue weighted by atomic mass is 10.1. The van der Waals surface area contributed by atoms with Gasteiger partial charge in [0.2, 0.25) is 5.91 Å². The second-order valence-electron chi connectivity index (χ2n) is 4.35. The Labute approximate surface area is 114 Å². The van der Waals surface area contributed by atoms with Crippen molar-refractivity contribution in [3.8, 4) is 0 Å². The summed E-state index contributed by atoms with van der Waals surface area (Å²) in [6.45, 7) is 0. The molecule has 0 radical (unpaired) electrons. The molecule has 3 aromatic rings. The highest BCUT2D eigenvalue weighted by atomic mass is 16.3. The van der Waals surface area contributed by atoms with Crippen molar-refractivity contribution in [3.05, 3.63) is 48.5 Å². The van der Waals surface area contributed by atoms with Gasteiger partial charge in [0.15, 0.2) is 12.0 Å². The number of benzene rings is 1. The molecule has 3 rings (SSSR count). The Morgan fingerprint density at radius 2 is 2.15 bits per heavy atom. The number of pyridine rings is 1. The molecule has 6 nitrogen and oxygen atoms in total. The average Bonchev–Trinajstić information content (AvgIpc) is 2.89. The van der Waals surface area contributed by atoms with Gasteiger partial charge in [-0.1, -0.05) is 6.07 Å². The quantitative estimate of drug-likeness (QED) is 0.757. The number of nitrogen functional groups attached to an aromatic ring is 1. The number of oxazole rings is 1. The molecular formula is C14H12N4O2. The average molecular weight is 268 g/mol. The summed E-state index contributed by atoms with van der Waals surface area (Å²) < 4.78 is 5.20. The highest BCUT2D eigenvalue weighted by Gasteiger charge is 2.06. The van der Waals surface area contributed by atoms with E-state index in [2.05, 4.69) is 15.3 Å². The fourth-order valence-corrected chi connectivity index (χ4v) is 1.88. The first-order chi connectivity index (χ1) is 9.70. The molecule has 3 N–H and O–H groups in total. The molecule has 0 bridgehead atoms. The molecule has 0 aliphatic carbocycles. The van der Waals surface area contributed by atoms with E-state index in [1.807, 2.05) is 18.2 Å². The lowest BCUT2D eigenvalue weighted by molar-refractivity contribution is -0.115. The molecule has 2 aromatic heterocycles. The fraction of sp³-hybridized carbons (Fsp3) is 0.0714. The van der Waals surface area contributed by atoms with Crippen molar-refractivity contribution in [1.82, 2.24) is 9.97 Å². The van der Waals surface area contributed by atoms with Gasteiger partial charge in [-0.3, -0.25) is 4.79 Å². The van der Waals surface area contributed by atoms with Gasteiger partial charge in [-0.15, -0.1) is 0 Å². The molecule has 0 unspecified atom stereocenters. The van der Waals surface area contributed by atoms with Gasteiger partial charge >= 0.3 is 0 Å². The number of nitrogens with two attached hydrogens (primary N) is 1. The Morgan fingerprint density at radius 1 is 1.25 bits per heavy atom. The number of anilines is 2. The number of carbonyl (C=O) groups is 1. The van der Waals surface area contributed by atoms with Crippen molar-refractivity contribution in [1.29, 1.82) is 0 Å². The van der Waals surface area contributed by atoms with Crippen LogP contribution in [0, 0.1) is 0 Å². The smallest absolute Gasteiger partial charge is 0.228 e. The SMILES string of the molecule is Nc1ccc(NC(=O)Cc2ccc3ncoc3c2)cn1. The lowest BCUT2D eigenvalue weighted by Crippen LogP contribution is -2.14. The molecule has 1 amide bonds. The second kappa shape index (κ2) is 5.00. The molecular weight excluding hydrogens is 256 g/mol. The maximum Gasteiger partial charge on any atom is 0.228 e. The van der Waals surface area contributed by atoms with Crippen LogP contribution in [-0.2, 0) is 11.2 Å². The molecule has 20 heavy (non-hydrogen) atoms. The summed E-state index contributed by atoms with van der Waals surface area (Å²) in [6.07, 6.45) is 3.16. The topological polar surface area (TPSA) is 94.0 Å². The van der Waals surface area contributed by atoms with Crippen LogP contribution < -0.4 is 11.1 Å². The number of hydrogen-bond acceptors (Lipinski definition) is 5. The number of carbonyl (C=O) groups excluding carboxylic acids is 1. The first-order valence-corrected chi connectivity index (χ1v) is 6.04. The monoisotopic (exact) mass is 268 g/mol. The molecule has 0 aliphatic rings. The maximum atomic E-state index is 11.9. The van der Waals surface area contributed by atoms with Gasteiger partial charge in [0.25, 0.3) is 0 Å². The maximum absolute atomic E-state index is 11.9. The van der Waals surface area contributed by atoms with E-state index < -0.39 is 0 Å². The molecule has 0 saturated carbocycles. The van der Waals surface area contributed by atoms with Crippen molar-refractivity contribution in [3.63, 3.8) is 0 Å². The van der Waals surface area contributed by atoms with Crippen LogP contribution in [-0.4, -0.2) is 15.9 Å². The number of nitrogens with one attached hydrogen (secondary N) is 1. The van der Waals surface area contributed by atoms with Crippen molar-refractivity contribution in [2.24, 2.45) is 0 Å². The van der Waals surface area contributed by atoms with Crippen LogP contribution in [0.3, 0.4) is 0 Å². The van der Waals surface area contributed by atoms with Crippen LogP contribution in [0.25, 0.3) is 11.1 Å². The minimum absolute atomic E-state index is 0.129. The Bertz CT molecular complexity index is 749. The van der Waals surface area contributed by atoms with E-state index in [0.717, 1.165) is 11.1 Å². The van der Waals surface area contributed by atoms with Crippen LogP contribution in [0.5, 0.6) is 0 Å². The summed E-state index contributed by atoms with van der Waals surface area (Å²) in [4.78, 5) is 19.9. The largest absolute Gasteiger partial charge is 0.443 e. The Morgan fingerprint density at radius 3 is 2.95 bits per heavy atom.